The average molecular weight is 311 g/mol. The van der Waals surface area contributed by atoms with Gasteiger partial charge in [0.15, 0.2) is 0 Å². The molecule has 1 atom stereocenters. The van der Waals surface area contributed by atoms with Crippen LogP contribution in [0.5, 0.6) is 0 Å². The summed E-state index contributed by atoms with van der Waals surface area (Å²) in [5.41, 5.74) is 0. The first kappa shape index (κ1) is 18.6. The zero-order valence-electron chi connectivity index (χ0n) is 13.8. The van der Waals surface area contributed by atoms with Crippen LogP contribution in [0.3, 0.4) is 0 Å². The van der Waals surface area contributed by atoms with Gasteiger partial charge in [-0.2, -0.15) is 0 Å². The molecule has 0 aliphatic carbocycles. The van der Waals surface area contributed by atoms with E-state index >= 15 is 0 Å². The molecule has 1 heterocycles. The Morgan fingerprint density at radius 1 is 1.32 bits per heavy atom. The quantitative estimate of drug-likeness (QED) is 0.528. The van der Waals surface area contributed by atoms with Crippen LogP contribution >= 0.6 is 0 Å². The van der Waals surface area contributed by atoms with Crippen LogP contribution in [0.4, 0.5) is 0 Å². The molecular weight excluding hydrogens is 282 g/mol. The maximum absolute atomic E-state index is 12.4. The lowest BCUT2D eigenvalue weighted by Crippen LogP contribution is -2.42. The smallest absolute Gasteiger partial charge is 0.251 e. The van der Waals surface area contributed by atoms with Crippen LogP contribution in [0.15, 0.2) is 12.7 Å². The summed E-state index contributed by atoms with van der Waals surface area (Å²) in [6.45, 7) is 11.8. The van der Waals surface area contributed by atoms with Crippen molar-refractivity contribution in [2.24, 2.45) is 0 Å². The van der Waals surface area contributed by atoms with Gasteiger partial charge in [0, 0.05) is 32.7 Å². The highest BCUT2D eigenvalue weighted by molar-refractivity contribution is 5.80. The highest BCUT2D eigenvalue weighted by Gasteiger charge is 2.24. The van der Waals surface area contributed by atoms with Crippen molar-refractivity contribution in [1.29, 1.82) is 0 Å². The molecule has 1 saturated heterocycles. The van der Waals surface area contributed by atoms with Crippen molar-refractivity contribution in [3.05, 3.63) is 12.7 Å². The number of amides is 2. The first-order chi connectivity index (χ1) is 10.6. The fraction of sp³-hybridized carbons (Fsp3) is 0.750. The van der Waals surface area contributed by atoms with Gasteiger partial charge in [0.1, 0.15) is 6.10 Å². The Bertz CT molecular complexity index is 374. The van der Waals surface area contributed by atoms with Gasteiger partial charge in [-0.05, 0) is 26.7 Å². The van der Waals surface area contributed by atoms with Crippen molar-refractivity contribution < 1.29 is 14.3 Å². The Balaban J connectivity index is 2.39. The van der Waals surface area contributed by atoms with Crippen LogP contribution in [0.1, 0.15) is 26.7 Å². The van der Waals surface area contributed by atoms with Crippen molar-refractivity contribution >= 4 is 11.8 Å². The lowest BCUT2D eigenvalue weighted by atomic mass is 10.3. The van der Waals surface area contributed by atoms with Gasteiger partial charge in [-0.1, -0.05) is 6.08 Å². The van der Waals surface area contributed by atoms with Crippen molar-refractivity contribution in [1.82, 2.24) is 15.1 Å². The maximum atomic E-state index is 12.4. The van der Waals surface area contributed by atoms with E-state index in [2.05, 4.69) is 16.8 Å². The summed E-state index contributed by atoms with van der Waals surface area (Å²) >= 11 is 0. The van der Waals surface area contributed by atoms with Crippen LogP contribution in [0.25, 0.3) is 0 Å². The van der Waals surface area contributed by atoms with Gasteiger partial charge in [0.25, 0.3) is 5.91 Å². The van der Waals surface area contributed by atoms with E-state index in [4.69, 9.17) is 4.74 Å². The number of ether oxygens (including phenoxy) is 1. The molecule has 126 valence electrons. The van der Waals surface area contributed by atoms with Crippen LogP contribution < -0.4 is 5.32 Å². The molecule has 6 heteroatoms. The summed E-state index contributed by atoms with van der Waals surface area (Å²) in [7, 11) is 0. The Morgan fingerprint density at radius 2 is 2.09 bits per heavy atom. The second kappa shape index (κ2) is 10.3. The summed E-state index contributed by atoms with van der Waals surface area (Å²) in [6, 6.07) is 0. The van der Waals surface area contributed by atoms with Gasteiger partial charge in [-0.25, -0.2) is 0 Å². The minimum Gasteiger partial charge on any atom is -0.368 e. The number of likely N-dealkylation sites (N-methyl/N-ethyl adjacent to an activating group) is 1. The molecule has 0 aromatic carbocycles. The lowest BCUT2D eigenvalue weighted by molar-refractivity contribution is -0.142. The molecule has 0 aromatic heterocycles. The monoisotopic (exact) mass is 311 g/mol. The molecule has 0 aromatic rings. The topological polar surface area (TPSA) is 61.9 Å². The van der Waals surface area contributed by atoms with E-state index in [-0.39, 0.29) is 11.8 Å². The van der Waals surface area contributed by atoms with E-state index in [0.29, 0.717) is 26.2 Å². The van der Waals surface area contributed by atoms with E-state index in [1.807, 2.05) is 11.8 Å². The predicted molar refractivity (Wildman–Crippen MR) is 86.5 cm³/mol. The second-order valence-corrected chi connectivity index (χ2v) is 5.50. The third-order valence-electron chi connectivity index (χ3n) is 3.68. The number of nitrogens with one attached hydrogen (secondary N) is 1. The van der Waals surface area contributed by atoms with E-state index < -0.39 is 6.10 Å². The van der Waals surface area contributed by atoms with Gasteiger partial charge in [-0.3, -0.25) is 14.5 Å². The van der Waals surface area contributed by atoms with E-state index in [1.54, 1.807) is 13.0 Å². The highest BCUT2D eigenvalue weighted by atomic mass is 16.5. The molecule has 1 N–H and O–H groups in total. The number of hydrogen-bond acceptors (Lipinski definition) is 4. The molecule has 0 radical (unpaired) electrons. The van der Waals surface area contributed by atoms with Gasteiger partial charge in [0.2, 0.25) is 5.91 Å². The fourth-order valence-corrected chi connectivity index (χ4v) is 2.46. The van der Waals surface area contributed by atoms with E-state index in [1.165, 1.54) is 0 Å². The van der Waals surface area contributed by atoms with Crippen molar-refractivity contribution in [2.45, 2.75) is 32.8 Å². The second-order valence-electron chi connectivity index (χ2n) is 5.50. The largest absolute Gasteiger partial charge is 0.368 e. The summed E-state index contributed by atoms with van der Waals surface area (Å²) in [5.74, 6) is 0.0762. The molecule has 22 heavy (non-hydrogen) atoms. The minimum atomic E-state index is -0.421. The standard InChI is InChI=1S/C16H29N3O3/c1-4-6-12-22-14(3)16(21)19-9-7-8-18(10-11-19)13-15(20)17-5-2/h4,14H,1,5-13H2,2-3H3,(H,17,20). The molecule has 1 fully saturated rings. The number of nitrogens with zero attached hydrogens (tertiary/aromatic N) is 2. The molecule has 0 saturated carbocycles. The van der Waals surface area contributed by atoms with E-state index in [0.717, 1.165) is 32.5 Å². The fourth-order valence-electron chi connectivity index (χ4n) is 2.46. The summed E-state index contributed by atoms with van der Waals surface area (Å²) in [5, 5.41) is 2.80. The Morgan fingerprint density at radius 3 is 2.77 bits per heavy atom. The van der Waals surface area contributed by atoms with Gasteiger partial charge in [0.05, 0.1) is 13.2 Å². The minimum absolute atomic E-state index is 0.0314. The molecule has 0 spiro atoms. The van der Waals surface area contributed by atoms with Crippen molar-refractivity contribution in [3.8, 4) is 0 Å². The third kappa shape index (κ3) is 6.58. The molecule has 1 aliphatic rings. The van der Waals surface area contributed by atoms with Gasteiger partial charge >= 0.3 is 0 Å². The van der Waals surface area contributed by atoms with Crippen LogP contribution in [0.2, 0.25) is 0 Å². The van der Waals surface area contributed by atoms with Crippen LogP contribution in [0, 0.1) is 0 Å². The molecule has 1 unspecified atom stereocenters. The summed E-state index contributed by atoms with van der Waals surface area (Å²) in [4.78, 5) is 27.9. The van der Waals surface area contributed by atoms with Gasteiger partial charge < -0.3 is 15.0 Å². The molecule has 0 bridgehead atoms. The number of carbonyl (C=O) groups is 2. The number of rotatable bonds is 8. The molecular formula is C16H29N3O3. The Kier molecular flexibility index (Phi) is 8.77. The van der Waals surface area contributed by atoms with Crippen molar-refractivity contribution in [2.75, 3.05) is 45.9 Å². The van der Waals surface area contributed by atoms with E-state index in [9.17, 15) is 9.59 Å². The third-order valence-corrected chi connectivity index (χ3v) is 3.68. The maximum Gasteiger partial charge on any atom is 0.251 e. The zero-order chi connectivity index (χ0) is 16.4. The summed E-state index contributed by atoms with van der Waals surface area (Å²) in [6.07, 6.45) is 2.99. The summed E-state index contributed by atoms with van der Waals surface area (Å²) < 4.78 is 5.52. The highest BCUT2D eigenvalue weighted by Crippen LogP contribution is 2.07. The Labute approximate surface area is 133 Å². The van der Waals surface area contributed by atoms with Gasteiger partial charge in [-0.15, -0.1) is 6.58 Å². The SMILES string of the molecule is C=CCCOC(C)C(=O)N1CCCN(CC(=O)NCC)CC1. The molecule has 1 rings (SSSR count). The molecule has 6 nitrogen and oxygen atoms in total. The predicted octanol–water partition coefficient (Wildman–Crippen LogP) is 0.638. The van der Waals surface area contributed by atoms with Crippen LogP contribution in [-0.2, 0) is 14.3 Å². The normalized spacial score (nSPS) is 17.6. The van der Waals surface area contributed by atoms with Crippen molar-refractivity contribution in [3.63, 3.8) is 0 Å². The van der Waals surface area contributed by atoms with Crippen LogP contribution in [-0.4, -0.2) is 73.6 Å². The zero-order valence-corrected chi connectivity index (χ0v) is 13.8. The number of carbonyl (C=O) groups excluding carboxylic acids is 2. The number of hydrogen-bond donors (Lipinski definition) is 1. The lowest BCUT2D eigenvalue weighted by Gasteiger charge is -2.24. The first-order valence-electron chi connectivity index (χ1n) is 8.08. The molecule has 1 aliphatic heterocycles. The average Bonchev–Trinajstić information content (AvgIpc) is 2.72. The molecule has 2 amide bonds. The Hall–Kier alpha value is -1.40. The first-order valence-corrected chi connectivity index (χ1v) is 8.08.